The molecule has 134 valence electrons. The summed E-state index contributed by atoms with van der Waals surface area (Å²) in [7, 11) is 1.57. The lowest BCUT2D eigenvalue weighted by Crippen LogP contribution is -2.49. The van der Waals surface area contributed by atoms with E-state index in [4.69, 9.17) is 4.74 Å². The number of benzene rings is 1. The number of ether oxygens (including phenoxy) is 2. The van der Waals surface area contributed by atoms with Gasteiger partial charge in [-0.1, -0.05) is 12.1 Å². The zero-order chi connectivity index (χ0) is 17.6. The van der Waals surface area contributed by atoms with Crippen LogP contribution in [0.25, 0.3) is 0 Å². The summed E-state index contributed by atoms with van der Waals surface area (Å²) in [4.78, 5) is 12.5. The monoisotopic (exact) mass is 346 g/mol. The summed E-state index contributed by atoms with van der Waals surface area (Å²) in [5.74, 6) is -0.381. The van der Waals surface area contributed by atoms with Gasteiger partial charge in [-0.15, -0.1) is 13.2 Å². The number of carbonyl (C=O) groups is 1. The number of carbonyl (C=O) groups excluding carboxylic acids is 1. The van der Waals surface area contributed by atoms with Crippen LogP contribution in [0.15, 0.2) is 24.3 Å². The van der Waals surface area contributed by atoms with Crippen LogP contribution in [0.4, 0.5) is 13.2 Å². The fraction of sp³-hybridized carbons (Fsp3) is 0.562. The van der Waals surface area contributed by atoms with E-state index in [1.165, 1.54) is 24.3 Å². The van der Waals surface area contributed by atoms with Crippen LogP contribution in [-0.2, 0) is 16.1 Å². The maximum Gasteiger partial charge on any atom is 0.573 e. The van der Waals surface area contributed by atoms with E-state index >= 15 is 0 Å². The highest BCUT2D eigenvalue weighted by molar-refractivity contribution is 5.83. The van der Waals surface area contributed by atoms with Crippen molar-refractivity contribution >= 4 is 5.91 Å². The largest absolute Gasteiger partial charge is 0.573 e. The fourth-order valence-electron chi connectivity index (χ4n) is 2.80. The van der Waals surface area contributed by atoms with Crippen LogP contribution in [0.1, 0.15) is 18.4 Å². The van der Waals surface area contributed by atoms with E-state index in [2.05, 4.69) is 15.4 Å². The van der Waals surface area contributed by atoms with Crippen molar-refractivity contribution in [2.24, 2.45) is 5.41 Å². The Morgan fingerprint density at radius 2 is 1.88 bits per heavy atom. The lowest BCUT2D eigenvalue weighted by Gasteiger charge is -2.35. The predicted octanol–water partition coefficient (Wildman–Crippen LogP) is 2.22. The van der Waals surface area contributed by atoms with Gasteiger partial charge >= 0.3 is 6.36 Å². The van der Waals surface area contributed by atoms with Gasteiger partial charge in [0, 0.05) is 13.7 Å². The summed E-state index contributed by atoms with van der Waals surface area (Å²) in [6.07, 6.45) is -3.34. The zero-order valence-corrected chi connectivity index (χ0v) is 13.4. The molecule has 0 saturated carbocycles. The average molecular weight is 346 g/mol. The highest BCUT2D eigenvalue weighted by Crippen LogP contribution is 2.29. The van der Waals surface area contributed by atoms with Gasteiger partial charge in [0.2, 0.25) is 5.91 Å². The summed E-state index contributed by atoms with van der Waals surface area (Å²) in [5, 5.41) is 6.06. The molecule has 1 heterocycles. The zero-order valence-electron chi connectivity index (χ0n) is 13.4. The minimum atomic E-state index is -4.71. The van der Waals surface area contributed by atoms with E-state index in [1.807, 2.05) is 0 Å². The highest BCUT2D eigenvalue weighted by atomic mass is 19.4. The Labute approximate surface area is 138 Å². The van der Waals surface area contributed by atoms with Gasteiger partial charge in [-0.2, -0.15) is 0 Å². The van der Waals surface area contributed by atoms with Crippen molar-refractivity contribution in [1.82, 2.24) is 10.6 Å². The van der Waals surface area contributed by atoms with Crippen LogP contribution >= 0.6 is 0 Å². The van der Waals surface area contributed by atoms with Crippen molar-refractivity contribution in [3.8, 4) is 5.75 Å². The van der Waals surface area contributed by atoms with Gasteiger partial charge in [-0.25, -0.2) is 0 Å². The molecule has 1 saturated heterocycles. The smallest absolute Gasteiger partial charge is 0.406 e. The normalized spacial score (nSPS) is 17.3. The number of rotatable bonds is 6. The first-order valence-electron chi connectivity index (χ1n) is 7.67. The quantitative estimate of drug-likeness (QED) is 0.829. The van der Waals surface area contributed by atoms with Crippen LogP contribution in [0.2, 0.25) is 0 Å². The number of amides is 1. The van der Waals surface area contributed by atoms with Gasteiger partial charge in [0.1, 0.15) is 5.75 Å². The van der Waals surface area contributed by atoms with Crippen LogP contribution in [-0.4, -0.2) is 39.1 Å². The molecule has 0 unspecified atom stereocenters. The third-order valence-corrected chi connectivity index (χ3v) is 4.07. The molecular weight excluding hydrogens is 325 g/mol. The summed E-state index contributed by atoms with van der Waals surface area (Å²) in [6, 6.07) is 5.44. The molecule has 5 nitrogen and oxygen atoms in total. The molecule has 1 fully saturated rings. The molecular formula is C16H21F3N2O3. The second-order valence-corrected chi connectivity index (χ2v) is 5.84. The summed E-state index contributed by atoms with van der Waals surface area (Å²) >= 11 is 0. The van der Waals surface area contributed by atoms with Gasteiger partial charge in [-0.3, -0.25) is 4.79 Å². The number of alkyl halides is 3. The first-order chi connectivity index (χ1) is 11.3. The van der Waals surface area contributed by atoms with Crippen molar-refractivity contribution in [2.45, 2.75) is 25.7 Å². The number of nitrogens with one attached hydrogen (secondary N) is 2. The molecule has 8 heteroatoms. The molecule has 0 spiro atoms. The third-order valence-electron chi connectivity index (χ3n) is 4.07. The van der Waals surface area contributed by atoms with E-state index in [1.54, 1.807) is 7.11 Å². The molecule has 0 aromatic heterocycles. The molecule has 0 radical (unpaired) electrons. The Kier molecular flexibility index (Phi) is 6.06. The van der Waals surface area contributed by atoms with Crippen LogP contribution in [0.3, 0.4) is 0 Å². The Bertz CT molecular complexity index is 535. The van der Waals surface area contributed by atoms with E-state index < -0.39 is 11.8 Å². The lowest BCUT2D eigenvalue weighted by atomic mass is 9.78. The maximum atomic E-state index is 12.5. The van der Waals surface area contributed by atoms with Gasteiger partial charge in [0.05, 0.1) is 12.0 Å². The Hall–Kier alpha value is -1.80. The lowest BCUT2D eigenvalue weighted by molar-refractivity contribution is -0.274. The molecule has 0 aliphatic carbocycles. The third kappa shape index (κ3) is 5.10. The van der Waals surface area contributed by atoms with Crippen molar-refractivity contribution in [3.63, 3.8) is 0 Å². The summed E-state index contributed by atoms with van der Waals surface area (Å²) < 4.78 is 45.4. The van der Waals surface area contributed by atoms with Crippen LogP contribution < -0.4 is 15.4 Å². The number of methoxy groups -OCH3 is 1. The Morgan fingerprint density at radius 3 is 2.42 bits per heavy atom. The van der Waals surface area contributed by atoms with Gasteiger partial charge in [-0.05, 0) is 43.6 Å². The predicted molar refractivity (Wildman–Crippen MR) is 81.4 cm³/mol. The topological polar surface area (TPSA) is 59.6 Å². The van der Waals surface area contributed by atoms with Crippen molar-refractivity contribution in [2.75, 3.05) is 26.8 Å². The molecule has 1 aliphatic rings. The molecule has 24 heavy (non-hydrogen) atoms. The first kappa shape index (κ1) is 18.5. The molecule has 1 amide bonds. The molecule has 0 bridgehead atoms. The molecule has 2 N–H and O–H groups in total. The Morgan fingerprint density at radius 1 is 1.25 bits per heavy atom. The number of piperidine rings is 1. The van der Waals surface area contributed by atoms with E-state index in [0.717, 1.165) is 13.1 Å². The highest BCUT2D eigenvalue weighted by Gasteiger charge is 2.39. The van der Waals surface area contributed by atoms with Gasteiger partial charge in [0.25, 0.3) is 0 Å². The second-order valence-electron chi connectivity index (χ2n) is 5.84. The van der Waals surface area contributed by atoms with Crippen LogP contribution in [0, 0.1) is 5.41 Å². The molecule has 1 aromatic rings. The van der Waals surface area contributed by atoms with Crippen molar-refractivity contribution < 1.29 is 27.4 Å². The SMILES string of the molecule is COCC1(C(=O)NCc2ccc(OC(F)(F)F)cc2)CCNCC1. The van der Waals surface area contributed by atoms with Gasteiger partial charge < -0.3 is 20.1 Å². The molecule has 2 rings (SSSR count). The molecule has 1 aliphatic heterocycles. The van der Waals surface area contributed by atoms with Crippen LogP contribution in [0.5, 0.6) is 5.75 Å². The molecule has 0 atom stereocenters. The minimum Gasteiger partial charge on any atom is -0.406 e. The summed E-state index contributed by atoms with van der Waals surface area (Å²) in [5.41, 5.74) is 0.138. The average Bonchev–Trinajstić information content (AvgIpc) is 2.53. The van der Waals surface area contributed by atoms with Gasteiger partial charge in [0.15, 0.2) is 0 Å². The Balaban J connectivity index is 1.93. The van der Waals surface area contributed by atoms with Crippen molar-refractivity contribution in [1.29, 1.82) is 0 Å². The van der Waals surface area contributed by atoms with E-state index in [0.29, 0.717) is 25.0 Å². The first-order valence-corrected chi connectivity index (χ1v) is 7.67. The van der Waals surface area contributed by atoms with E-state index in [-0.39, 0.29) is 18.2 Å². The van der Waals surface area contributed by atoms with Crippen molar-refractivity contribution in [3.05, 3.63) is 29.8 Å². The number of hydrogen-bond donors (Lipinski definition) is 2. The second kappa shape index (κ2) is 7.85. The maximum absolute atomic E-state index is 12.5. The molecule has 1 aromatic carbocycles. The van der Waals surface area contributed by atoms with E-state index in [9.17, 15) is 18.0 Å². The fourth-order valence-corrected chi connectivity index (χ4v) is 2.80. The number of halogens is 3. The standard InChI is InChI=1S/C16H21F3N2O3/c1-23-11-15(6-8-20-9-7-15)14(22)21-10-12-2-4-13(5-3-12)24-16(17,18)19/h2-5,20H,6-11H2,1H3,(H,21,22). The number of hydrogen-bond acceptors (Lipinski definition) is 4. The minimum absolute atomic E-state index is 0.0959. The summed E-state index contributed by atoms with van der Waals surface area (Å²) in [6.45, 7) is 2.09.